The van der Waals surface area contributed by atoms with Crippen LogP contribution in [0.2, 0.25) is 0 Å². The highest BCUT2D eigenvalue weighted by molar-refractivity contribution is 7.99. The molecule has 0 rings (SSSR count). The van der Waals surface area contributed by atoms with E-state index < -0.39 is 0 Å². The topological polar surface area (TPSA) is 55.1 Å². The Bertz CT molecular complexity index is 210. The van der Waals surface area contributed by atoms with Crippen LogP contribution in [0.15, 0.2) is 0 Å². The lowest BCUT2D eigenvalue weighted by atomic mass is 10.0. The third-order valence-corrected chi connectivity index (χ3v) is 3.89. The number of rotatable bonds is 9. The van der Waals surface area contributed by atoms with Gasteiger partial charge in [0.05, 0.1) is 5.75 Å². The molecule has 3 N–H and O–H groups in total. The van der Waals surface area contributed by atoms with Crippen LogP contribution >= 0.6 is 11.8 Å². The molecule has 0 saturated carbocycles. The van der Waals surface area contributed by atoms with Crippen LogP contribution in [0.4, 0.5) is 0 Å². The van der Waals surface area contributed by atoms with Gasteiger partial charge in [-0.25, -0.2) is 0 Å². The number of amides is 1. The second-order valence-electron chi connectivity index (χ2n) is 5.30. The van der Waals surface area contributed by atoms with Crippen molar-refractivity contribution in [3.63, 3.8) is 0 Å². The summed E-state index contributed by atoms with van der Waals surface area (Å²) < 4.78 is 0. The van der Waals surface area contributed by atoms with Gasteiger partial charge in [-0.3, -0.25) is 4.79 Å². The van der Waals surface area contributed by atoms with Gasteiger partial charge in [-0.15, -0.1) is 0 Å². The zero-order valence-electron chi connectivity index (χ0n) is 11.7. The maximum Gasteiger partial charge on any atom is 0.230 e. The molecule has 0 aromatic heterocycles. The SMILES string of the molecule is CC(C)CCC(C)NC(=O)CSCC(C)CN. The number of carbonyl (C=O) groups excluding carboxylic acids is 1. The maximum absolute atomic E-state index is 11.6. The lowest BCUT2D eigenvalue weighted by Gasteiger charge is -2.15. The zero-order chi connectivity index (χ0) is 13.3. The summed E-state index contributed by atoms with van der Waals surface area (Å²) in [6.45, 7) is 9.29. The van der Waals surface area contributed by atoms with Gasteiger partial charge < -0.3 is 11.1 Å². The van der Waals surface area contributed by atoms with E-state index in [4.69, 9.17) is 5.73 Å². The van der Waals surface area contributed by atoms with E-state index in [1.165, 1.54) is 6.42 Å². The molecule has 0 radical (unpaired) electrons. The minimum atomic E-state index is 0.149. The normalized spacial score (nSPS) is 14.7. The second-order valence-corrected chi connectivity index (χ2v) is 6.33. The number of nitrogens with one attached hydrogen (secondary N) is 1. The van der Waals surface area contributed by atoms with Crippen LogP contribution in [0.25, 0.3) is 0 Å². The number of nitrogens with two attached hydrogens (primary N) is 1. The minimum absolute atomic E-state index is 0.149. The molecular formula is C13H28N2OS. The van der Waals surface area contributed by atoms with E-state index in [-0.39, 0.29) is 11.9 Å². The van der Waals surface area contributed by atoms with Gasteiger partial charge in [-0.1, -0.05) is 20.8 Å². The van der Waals surface area contributed by atoms with E-state index in [0.29, 0.717) is 24.1 Å². The maximum atomic E-state index is 11.6. The molecule has 4 heteroatoms. The number of carbonyl (C=O) groups is 1. The van der Waals surface area contributed by atoms with Crippen molar-refractivity contribution in [2.75, 3.05) is 18.1 Å². The van der Waals surface area contributed by atoms with Gasteiger partial charge in [-0.05, 0) is 43.9 Å². The van der Waals surface area contributed by atoms with E-state index in [1.807, 2.05) is 0 Å². The van der Waals surface area contributed by atoms with Gasteiger partial charge in [0.15, 0.2) is 0 Å². The predicted molar refractivity (Wildman–Crippen MR) is 77.2 cm³/mol. The van der Waals surface area contributed by atoms with Crippen LogP contribution in [-0.4, -0.2) is 30.0 Å². The molecule has 0 aromatic rings. The lowest BCUT2D eigenvalue weighted by molar-refractivity contribution is -0.119. The van der Waals surface area contributed by atoms with Crippen molar-refractivity contribution in [2.24, 2.45) is 17.6 Å². The molecule has 2 atom stereocenters. The fourth-order valence-electron chi connectivity index (χ4n) is 1.39. The molecule has 0 saturated heterocycles. The molecular weight excluding hydrogens is 232 g/mol. The van der Waals surface area contributed by atoms with Gasteiger partial charge in [0.2, 0.25) is 5.91 Å². The van der Waals surface area contributed by atoms with Gasteiger partial charge in [-0.2, -0.15) is 11.8 Å². The van der Waals surface area contributed by atoms with Crippen LogP contribution in [0.5, 0.6) is 0 Å². The lowest BCUT2D eigenvalue weighted by Crippen LogP contribution is -2.34. The predicted octanol–water partition coefficient (Wildman–Crippen LogP) is 2.26. The fourth-order valence-corrected chi connectivity index (χ4v) is 2.32. The molecule has 0 aliphatic carbocycles. The summed E-state index contributed by atoms with van der Waals surface area (Å²) in [6.07, 6.45) is 2.23. The van der Waals surface area contributed by atoms with E-state index in [1.54, 1.807) is 11.8 Å². The van der Waals surface area contributed by atoms with Crippen molar-refractivity contribution in [2.45, 2.75) is 46.6 Å². The van der Waals surface area contributed by atoms with Crippen LogP contribution in [0.1, 0.15) is 40.5 Å². The van der Waals surface area contributed by atoms with Gasteiger partial charge in [0, 0.05) is 6.04 Å². The van der Waals surface area contributed by atoms with E-state index in [9.17, 15) is 4.79 Å². The van der Waals surface area contributed by atoms with E-state index >= 15 is 0 Å². The van der Waals surface area contributed by atoms with Crippen LogP contribution in [-0.2, 0) is 4.79 Å². The highest BCUT2D eigenvalue weighted by Crippen LogP contribution is 2.08. The Labute approximate surface area is 110 Å². The summed E-state index contributed by atoms with van der Waals surface area (Å²) in [7, 11) is 0. The molecule has 0 aromatic carbocycles. The van der Waals surface area contributed by atoms with Crippen LogP contribution in [0, 0.1) is 11.8 Å². The summed E-state index contributed by atoms with van der Waals surface area (Å²) in [5.41, 5.74) is 5.52. The Morgan fingerprint density at radius 3 is 2.41 bits per heavy atom. The molecule has 0 spiro atoms. The zero-order valence-corrected chi connectivity index (χ0v) is 12.5. The first-order chi connectivity index (χ1) is 7.95. The third kappa shape index (κ3) is 10.6. The van der Waals surface area contributed by atoms with Crippen molar-refractivity contribution in [3.8, 4) is 0 Å². The van der Waals surface area contributed by atoms with Crippen molar-refractivity contribution in [1.29, 1.82) is 0 Å². The van der Waals surface area contributed by atoms with Crippen LogP contribution in [0.3, 0.4) is 0 Å². The summed E-state index contributed by atoms with van der Waals surface area (Å²) >= 11 is 1.67. The molecule has 0 heterocycles. The minimum Gasteiger partial charge on any atom is -0.353 e. The van der Waals surface area contributed by atoms with Crippen molar-refractivity contribution in [1.82, 2.24) is 5.32 Å². The first-order valence-corrected chi connectivity index (χ1v) is 7.68. The molecule has 17 heavy (non-hydrogen) atoms. The smallest absolute Gasteiger partial charge is 0.230 e. The summed E-state index contributed by atoms with van der Waals surface area (Å²) in [6, 6.07) is 0.289. The second kappa shape index (κ2) is 9.77. The summed E-state index contributed by atoms with van der Waals surface area (Å²) in [5.74, 6) is 2.86. The Morgan fingerprint density at radius 2 is 1.88 bits per heavy atom. The summed E-state index contributed by atoms with van der Waals surface area (Å²) in [4.78, 5) is 11.6. The average molecular weight is 260 g/mol. The van der Waals surface area contributed by atoms with Gasteiger partial charge in [0.25, 0.3) is 0 Å². The molecule has 3 nitrogen and oxygen atoms in total. The molecule has 2 unspecified atom stereocenters. The average Bonchev–Trinajstić information content (AvgIpc) is 2.26. The highest BCUT2D eigenvalue weighted by atomic mass is 32.2. The van der Waals surface area contributed by atoms with Crippen molar-refractivity contribution < 1.29 is 4.79 Å². The quantitative estimate of drug-likeness (QED) is 0.668. The Hall–Kier alpha value is -0.220. The molecule has 0 aliphatic rings. The number of hydrogen-bond donors (Lipinski definition) is 2. The third-order valence-electron chi connectivity index (χ3n) is 2.62. The van der Waals surface area contributed by atoms with E-state index in [0.717, 1.165) is 12.2 Å². The molecule has 102 valence electrons. The number of hydrogen-bond acceptors (Lipinski definition) is 3. The molecule has 1 amide bonds. The number of thioether (sulfide) groups is 1. The van der Waals surface area contributed by atoms with Gasteiger partial charge in [0.1, 0.15) is 0 Å². The summed E-state index contributed by atoms with van der Waals surface area (Å²) in [5, 5.41) is 3.04. The fraction of sp³-hybridized carbons (Fsp3) is 0.923. The van der Waals surface area contributed by atoms with Crippen molar-refractivity contribution in [3.05, 3.63) is 0 Å². The van der Waals surface area contributed by atoms with Crippen molar-refractivity contribution >= 4 is 17.7 Å². The molecule has 0 bridgehead atoms. The highest BCUT2D eigenvalue weighted by Gasteiger charge is 2.08. The molecule has 0 fully saturated rings. The molecule has 0 aliphatic heterocycles. The van der Waals surface area contributed by atoms with E-state index in [2.05, 4.69) is 33.0 Å². The van der Waals surface area contributed by atoms with Gasteiger partial charge >= 0.3 is 0 Å². The van der Waals surface area contributed by atoms with Crippen LogP contribution < -0.4 is 11.1 Å². The first-order valence-electron chi connectivity index (χ1n) is 6.52. The standard InChI is InChI=1S/C13H28N2OS/c1-10(2)5-6-12(4)15-13(16)9-17-8-11(3)7-14/h10-12H,5-9,14H2,1-4H3,(H,15,16). The monoisotopic (exact) mass is 260 g/mol. The Morgan fingerprint density at radius 1 is 1.24 bits per heavy atom. The Kier molecular flexibility index (Phi) is 9.65. The Balaban J connectivity index is 3.57. The largest absolute Gasteiger partial charge is 0.353 e. The first kappa shape index (κ1) is 16.8.